The van der Waals surface area contributed by atoms with Crippen LogP contribution in [0.1, 0.15) is 56.9 Å². The van der Waals surface area contributed by atoms with E-state index in [4.69, 9.17) is 5.73 Å². The molecule has 0 unspecified atom stereocenters. The number of anilines is 1. The highest BCUT2D eigenvalue weighted by molar-refractivity contribution is 5.93. The zero-order chi connectivity index (χ0) is 13.3. The quantitative estimate of drug-likeness (QED) is 0.814. The maximum absolute atomic E-state index is 12.5. The fraction of sp³-hybridized carbons (Fsp3) is 0.588. The van der Waals surface area contributed by atoms with Gasteiger partial charge in [0.15, 0.2) is 0 Å². The zero-order valence-electron chi connectivity index (χ0n) is 11.5. The van der Waals surface area contributed by atoms with Crippen LogP contribution < -0.4 is 5.73 Å². The van der Waals surface area contributed by atoms with Gasteiger partial charge in [0.05, 0.1) is 5.41 Å². The molecule has 102 valence electrons. The molecule has 3 rings (SSSR count). The minimum atomic E-state index is -0.147. The number of rotatable bonds is 5. The lowest BCUT2D eigenvalue weighted by molar-refractivity contribution is -0.121. The maximum atomic E-state index is 12.5. The Morgan fingerprint density at radius 3 is 2.37 bits per heavy atom. The Hall–Kier alpha value is -1.31. The van der Waals surface area contributed by atoms with Crippen LogP contribution in [0.5, 0.6) is 0 Å². The van der Waals surface area contributed by atoms with Crippen molar-refractivity contribution in [3.05, 3.63) is 29.8 Å². The van der Waals surface area contributed by atoms with E-state index in [0.29, 0.717) is 5.78 Å². The number of nitrogens with two attached hydrogens (primary N) is 1. The molecule has 2 aliphatic carbocycles. The molecule has 0 heterocycles. The van der Waals surface area contributed by atoms with Gasteiger partial charge in [-0.15, -0.1) is 0 Å². The van der Waals surface area contributed by atoms with Crippen molar-refractivity contribution >= 4 is 11.5 Å². The SMILES string of the molecule is Nc1ccc(C2(C(=O)CCC3CCCC3)CC2)cc1. The van der Waals surface area contributed by atoms with Crippen LogP contribution in [0.3, 0.4) is 0 Å². The third-order valence-corrected chi connectivity index (χ3v) is 5.00. The van der Waals surface area contributed by atoms with Crippen molar-refractivity contribution in [3.63, 3.8) is 0 Å². The molecule has 2 fully saturated rings. The van der Waals surface area contributed by atoms with Gasteiger partial charge in [-0.05, 0) is 42.9 Å². The third-order valence-electron chi connectivity index (χ3n) is 5.00. The molecule has 1 aromatic rings. The first-order chi connectivity index (χ1) is 9.21. The summed E-state index contributed by atoms with van der Waals surface area (Å²) in [5.74, 6) is 1.27. The second-order valence-corrected chi connectivity index (χ2v) is 6.32. The highest BCUT2D eigenvalue weighted by Crippen LogP contribution is 2.50. The van der Waals surface area contributed by atoms with Crippen molar-refractivity contribution in [2.24, 2.45) is 5.92 Å². The van der Waals surface area contributed by atoms with E-state index in [9.17, 15) is 4.79 Å². The number of hydrogen-bond donors (Lipinski definition) is 1. The average Bonchev–Trinajstić information content (AvgIpc) is 3.07. The Balaban J connectivity index is 1.63. The molecule has 0 radical (unpaired) electrons. The van der Waals surface area contributed by atoms with Gasteiger partial charge in [0, 0.05) is 12.1 Å². The van der Waals surface area contributed by atoms with E-state index >= 15 is 0 Å². The Morgan fingerprint density at radius 2 is 1.79 bits per heavy atom. The largest absolute Gasteiger partial charge is 0.399 e. The molecule has 0 bridgehead atoms. The second-order valence-electron chi connectivity index (χ2n) is 6.32. The van der Waals surface area contributed by atoms with Crippen molar-refractivity contribution in [2.45, 2.75) is 56.8 Å². The number of Topliss-reactive ketones (excluding diaryl/α,β-unsaturated/α-hetero) is 1. The second kappa shape index (κ2) is 4.99. The summed E-state index contributed by atoms with van der Waals surface area (Å²) in [4.78, 5) is 12.5. The van der Waals surface area contributed by atoms with Crippen LogP contribution in [-0.2, 0) is 10.2 Å². The summed E-state index contributed by atoms with van der Waals surface area (Å²) in [6.07, 6.45) is 9.33. The van der Waals surface area contributed by atoms with Crippen LogP contribution in [0.15, 0.2) is 24.3 Å². The van der Waals surface area contributed by atoms with Crippen molar-refractivity contribution < 1.29 is 4.79 Å². The van der Waals surface area contributed by atoms with Crippen LogP contribution >= 0.6 is 0 Å². The number of carbonyl (C=O) groups excluding carboxylic acids is 1. The van der Waals surface area contributed by atoms with Crippen LogP contribution in [0.2, 0.25) is 0 Å². The summed E-state index contributed by atoms with van der Waals surface area (Å²) in [6.45, 7) is 0. The molecule has 0 aromatic heterocycles. The third kappa shape index (κ3) is 2.54. The Labute approximate surface area is 115 Å². The lowest BCUT2D eigenvalue weighted by atomic mass is 9.87. The van der Waals surface area contributed by atoms with Crippen molar-refractivity contribution in [3.8, 4) is 0 Å². The normalized spacial score (nSPS) is 21.5. The summed E-state index contributed by atoms with van der Waals surface area (Å²) >= 11 is 0. The van der Waals surface area contributed by atoms with Crippen molar-refractivity contribution in [1.29, 1.82) is 0 Å². The van der Waals surface area contributed by atoms with E-state index in [0.717, 1.165) is 37.3 Å². The topological polar surface area (TPSA) is 43.1 Å². The van der Waals surface area contributed by atoms with Gasteiger partial charge in [-0.2, -0.15) is 0 Å². The number of carbonyl (C=O) groups is 1. The predicted molar refractivity (Wildman–Crippen MR) is 78.0 cm³/mol. The van der Waals surface area contributed by atoms with Crippen molar-refractivity contribution in [2.75, 3.05) is 5.73 Å². The first-order valence-corrected chi connectivity index (χ1v) is 7.60. The summed E-state index contributed by atoms with van der Waals surface area (Å²) in [5, 5.41) is 0. The molecule has 0 atom stereocenters. The first-order valence-electron chi connectivity index (χ1n) is 7.60. The molecular formula is C17H23NO. The van der Waals surface area contributed by atoms with E-state index in [1.807, 2.05) is 24.3 Å². The molecule has 0 aliphatic heterocycles. The van der Waals surface area contributed by atoms with E-state index < -0.39 is 0 Å². The Morgan fingerprint density at radius 1 is 1.16 bits per heavy atom. The number of benzene rings is 1. The van der Waals surface area contributed by atoms with Crippen LogP contribution in [-0.4, -0.2) is 5.78 Å². The van der Waals surface area contributed by atoms with Crippen LogP contribution in [0.4, 0.5) is 5.69 Å². The summed E-state index contributed by atoms with van der Waals surface area (Å²) in [6, 6.07) is 7.91. The fourth-order valence-electron chi connectivity index (χ4n) is 3.53. The molecule has 2 heteroatoms. The maximum Gasteiger partial charge on any atom is 0.143 e. The Kier molecular flexibility index (Phi) is 3.34. The van der Waals surface area contributed by atoms with Gasteiger partial charge in [0.2, 0.25) is 0 Å². The minimum Gasteiger partial charge on any atom is -0.399 e. The van der Waals surface area contributed by atoms with Crippen LogP contribution in [0, 0.1) is 5.92 Å². The molecule has 2 saturated carbocycles. The lowest BCUT2D eigenvalue weighted by Crippen LogP contribution is -2.21. The first kappa shape index (κ1) is 12.7. The molecule has 2 aliphatic rings. The number of nitrogen functional groups attached to an aromatic ring is 1. The van der Waals surface area contributed by atoms with Gasteiger partial charge < -0.3 is 5.73 Å². The van der Waals surface area contributed by atoms with E-state index in [1.54, 1.807) is 0 Å². The minimum absolute atomic E-state index is 0.147. The molecule has 2 nitrogen and oxygen atoms in total. The molecular weight excluding hydrogens is 234 g/mol. The molecule has 1 aromatic carbocycles. The zero-order valence-corrected chi connectivity index (χ0v) is 11.5. The van der Waals surface area contributed by atoms with E-state index in [-0.39, 0.29) is 5.41 Å². The highest BCUT2D eigenvalue weighted by Gasteiger charge is 2.50. The highest BCUT2D eigenvalue weighted by atomic mass is 16.1. The van der Waals surface area contributed by atoms with Gasteiger partial charge in [-0.25, -0.2) is 0 Å². The van der Waals surface area contributed by atoms with Gasteiger partial charge >= 0.3 is 0 Å². The van der Waals surface area contributed by atoms with E-state index in [1.165, 1.54) is 31.2 Å². The molecule has 2 N–H and O–H groups in total. The summed E-state index contributed by atoms with van der Waals surface area (Å²) < 4.78 is 0. The van der Waals surface area contributed by atoms with Crippen LogP contribution in [0.25, 0.3) is 0 Å². The standard InChI is InChI=1S/C17H23NO/c18-15-8-6-14(7-9-15)17(11-12-17)16(19)10-5-13-3-1-2-4-13/h6-9,13H,1-5,10-12,18H2. The van der Waals surface area contributed by atoms with Gasteiger partial charge in [0.1, 0.15) is 5.78 Å². The number of ketones is 1. The predicted octanol–water partition coefficient (Wildman–Crippen LogP) is 3.84. The summed E-state index contributed by atoms with van der Waals surface area (Å²) in [5.41, 5.74) is 7.53. The molecule has 0 amide bonds. The lowest BCUT2D eigenvalue weighted by Gasteiger charge is -2.16. The van der Waals surface area contributed by atoms with Gasteiger partial charge in [0.25, 0.3) is 0 Å². The van der Waals surface area contributed by atoms with Crippen molar-refractivity contribution in [1.82, 2.24) is 0 Å². The number of hydrogen-bond acceptors (Lipinski definition) is 2. The van der Waals surface area contributed by atoms with E-state index in [2.05, 4.69) is 0 Å². The fourth-order valence-corrected chi connectivity index (χ4v) is 3.53. The Bertz CT molecular complexity index is 453. The molecule has 0 saturated heterocycles. The van der Waals surface area contributed by atoms with Gasteiger partial charge in [-0.1, -0.05) is 37.8 Å². The smallest absolute Gasteiger partial charge is 0.143 e. The molecule has 19 heavy (non-hydrogen) atoms. The molecule has 0 spiro atoms. The van der Waals surface area contributed by atoms with Gasteiger partial charge in [-0.3, -0.25) is 4.79 Å². The monoisotopic (exact) mass is 257 g/mol. The summed E-state index contributed by atoms with van der Waals surface area (Å²) in [7, 11) is 0. The average molecular weight is 257 g/mol.